The van der Waals surface area contributed by atoms with Gasteiger partial charge < -0.3 is 16.0 Å². The molecule has 0 unspecified atom stereocenters. The average molecular weight is 381 g/mol. The Balaban J connectivity index is 1.87. The Morgan fingerprint density at radius 3 is 2.84 bits per heavy atom. The van der Waals surface area contributed by atoms with E-state index in [-0.39, 0.29) is 5.69 Å². The minimum Gasteiger partial charge on any atom is -0.354 e. The summed E-state index contributed by atoms with van der Waals surface area (Å²) in [5.41, 5.74) is 7.20. The van der Waals surface area contributed by atoms with Crippen LogP contribution in [0.15, 0.2) is 29.2 Å². The molecule has 0 spiro atoms. The van der Waals surface area contributed by atoms with Gasteiger partial charge >= 0.3 is 5.69 Å². The van der Waals surface area contributed by atoms with Crippen molar-refractivity contribution < 1.29 is 0 Å². The van der Waals surface area contributed by atoms with Gasteiger partial charge in [0.1, 0.15) is 5.52 Å². The molecule has 0 aliphatic carbocycles. The fourth-order valence-electron chi connectivity index (χ4n) is 2.47. The molecule has 3 aromatic rings. The first-order valence-electron chi connectivity index (χ1n) is 7.92. The second-order valence-electron chi connectivity index (χ2n) is 5.62. The lowest BCUT2D eigenvalue weighted by molar-refractivity contribution is 0.765. The number of halogens is 2. The number of benzene rings is 1. The molecule has 2 heterocycles. The predicted octanol–water partition coefficient (Wildman–Crippen LogP) is 2.63. The summed E-state index contributed by atoms with van der Waals surface area (Å²) >= 11 is 12.0. The number of fused-ring (bicyclic) bond motifs is 1. The van der Waals surface area contributed by atoms with Gasteiger partial charge in [0, 0.05) is 6.54 Å². The molecular weight excluding hydrogens is 363 g/mol. The van der Waals surface area contributed by atoms with Crippen LogP contribution >= 0.6 is 23.2 Å². The van der Waals surface area contributed by atoms with Gasteiger partial charge in [0.2, 0.25) is 5.95 Å². The Bertz CT molecular complexity index is 936. The van der Waals surface area contributed by atoms with Crippen LogP contribution in [0.25, 0.3) is 11.2 Å². The van der Waals surface area contributed by atoms with Crippen molar-refractivity contribution in [3.05, 3.63) is 50.5 Å². The van der Waals surface area contributed by atoms with Crippen LogP contribution in [0.1, 0.15) is 18.4 Å². The Hall–Kier alpha value is -2.09. The van der Waals surface area contributed by atoms with E-state index in [9.17, 15) is 4.79 Å². The van der Waals surface area contributed by atoms with Crippen molar-refractivity contribution in [1.82, 2.24) is 19.5 Å². The summed E-state index contributed by atoms with van der Waals surface area (Å²) < 4.78 is 1.54. The molecule has 4 N–H and O–H groups in total. The molecule has 0 saturated heterocycles. The van der Waals surface area contributed by atoms with Gasteiger partial charge in [-0.05, 0) is 37.1 Å². The molecule has 0 aliphatic heterocycles. The third kappa shape index (κ3) is 4.12. The fourth-order valence-corrected chi connectivity index (χ4v) is 2.79. The number of H-pyrrole nitrogens is 1. The molecule has 3 rings (SSSR count). The molecule has 0 atom stereocenters. The Labute approximate surface area is 154 Å². The van der Waals surface area contributed by atoms with Crippen molar-refractivity contribution >= 4 is 40.3 Å². The molecule has 132 valence electrons. The largest absolute Gasteiger partial charge is 0.354 e. The van der Waals surface area contributed by atoms with Crippen molar-refractivity contribution in [1.29, 1.82) is 0 Å². The molecule has 2 aromatic heterocycles. The van der Waals surface area contributed by atoms with Gasteiger partial charge in [-0.2, -0.15) is 4.98 Å². The highest BCUT2D eigenvalue weighted by molar-refractivity contribution is 6.42. The van der Waals surface area contributed by atoms with Crippen LogP contribution in [0, 0.1) is 0 Å². The van der Waals surface area contributed by atoms with E-state index in [0.29, 0.717) is 40.2 Å². The van der Waals surface area contributed by atoms with Crippen LogP contribution in [0.2, 0.25) is 10.0 Å². The number of aromatic nitrogens is 4. The number of hydrogen-bond donors (Lipinski definition) is 3. The summed E-state index contributed by atoms with van der Waals surface area (Å²) in [6.07, 6.45) is 3.46. The first kappa shape index (κ1) is 17.7. The number of anilines is 1. The SMILES string of the molecule is NCCCCNc1ncc2[nH]c(=O)n(Cc3ccc(Cl)c(Cl)c3)c2n1. The van der Waals surface area contributed by atoms with Crippen molar-refractivity contribution in [2.75, 3.05) is 18.4 Å². The van der Waals surface area contributed by atoms with E-state index < -0.39 is 0 Å². The number of nitrogens with zero attached hydrogens (tertiary/aromatic N) is 3. The maximum absolute atomic E-state index is 12.3. The van der Waals surface area contributed by atoms with Gasteiger partial charge in [0.15, 0.2) is 5.65 Å². The standard InChI is InChI=1S/C16H18Cl2N6O/c17-11-4-3-10(7-12(11)18)9-24-14-13(22-16(24)25)8-21-15(23-14)20-6-2-1-5-19/h3-4,7-8H,1-2,5-6,9,19H2,(H,22,25)(H,20,21,23). The van der Waals surface area contributed by atoms with Gasteiger partial charge in [-0.3, -0.25) is 4.57 Å². The van der Waals surface area contributed by atoms with Crippen molar-refractivity contribution in [3.8, 4) is 0 Å². The molecule has 25 heavy (non-hydrogen) atoms. The zero-order valence-electron chi connectivity index (χ0n) is 13.4. The highest BCUT2D eigenvalue weighted by Crippen LogP contribution is 2.23. The molecule has 0 bridgehead atoms. The number of unbranched alkanes of at least 4 members (excludes halogenated alkanes) is 1. The summed E-state index contributed by atoms with van der Waals surface area (Å²) in [6, 6.07) is 5.27. The van der Waals surface area contributed by atoms with E-state index >= 15 is 0 Å². The summed E-state index contributed by atoms with van der Waals surface area (Å²) in [5, 5.41) is 4.07. The minimum absolute atomic E-state index is 0.254. The van der Waals surface area contributed by atoms with Gasteiger partial charge in [-0.15, -0.1) is 0 Å². The predicted molar refractivity (Wildman–Crippen MR) is 100 cm³/mol. The van der Waals surface area contributed by atoms with Crippen molar-refractivity contribution in [2.24, 2.45) is 5.73 Å². The maximum atomic E-state index is 12.3. The fraction of sp³-hybridized carbons (Fsp3) is 0.312. The van der Waals surface area contributed by atoms with Gasteiger partial charge in [-0.1, -0.05) is 29.3 Å². The lowest BCUT2D eigenvalue weighted by Gasteiger charge is -2.07. The summed E-state index contributed by atoms with van der Waals surface area (Å²) in [5.74, 6) is 0.478. The molecule has 7 nitrogen and oxygen atoms in total. The number of nitrogens with one attached hydrogen (secondary N) is 2. The average Bonchev–Trinajstić information content (AvgIpc) is 2.90. The molecule has 1 aromatic carbocycles. The zero-order chi connectivity index (χ0) is 17.8. The second kappa shape index (κ2) is 7.86. The Morgan fingerprint density at radius 1 is 1.24 bits per heavy atom. The van der Waals surface area contributed by atoms with Crippen LogP contribution in [-0.2, 0) is 6.54 Å². The number of hydrogen-bond acceptors (Lipinski definition) is 5. The number of aromatic amines is 1. The minimum atomic E-state index is -0.254. The third-order valence-electron chi connectivity index (χ3n) is 3.75. The first-order valence-corrected chi connectivity index (χ1v) is 8.67. The topological polar surface area (TPSA) is 102 Å². The summed E-state index contributed by atoms with van der Waals surface area (Å²) in [6.45, 7) is 1.71. The van der Waals surface area contributed by atoms with Gasteiger partial charge in [0.05, 0.1) is 22.8 Å². The van der Waals surface area contributed by atoms with Crippen LogP contribution < -0.4 is 16.7 Å². The van der Waals surface area contributed by atoms with Crippen LogP contribution in [0.5, 0.6) is 0 Å². The monoisotopic (exact) mass is 380 g/mol. The second-order valence-corrected chi connectivity index (χ2v) is 6.43. The molecule has 0 radical (unpaired) electrons. The van der Waals surface area contributed by atoms with Crippen LogP contribution in [0.4, 0.5) is 5.95 Å². The van der Waals surface area contributed by atoms with E-state index in [2.05, 4.69) is 20.3 Å². The third-order valence-corrected chi connectivity index (χ3v) is 4.49. The van der Waals surface area contributed by atoms with E-state index in [1.165, 1.54) is 0 Å². The lowest BCUT2D eigenvalue weighted by Crippen LogP contribution is -2.18. The molecule has 0 saturated carbocycles. The lowest BCUT2D eigenvalue weighted by atomic mass is 10.2. The summed E-state index contributed by atoms with van der Waals surface area (Å²) in [7, 11) is 0. The van der Waals surface area contributed by atoms with Crippen LogP contribution in [0.3, 0.4) is 0 Å². The van der Waals surface area contributed by atoms with Gasteiger partial charge in [0.25, 0.3) is 0 Å². The normalized spacial score (nSPS) is 11.2. The number of nitrogens with two attached hydrogens (primary N) is 1. The van der Waals surface area contributed by atoms with Crippen molar-refractivity contribution in [3.63, 3.8) is 0 Å². The number of imidazole rings is 1. The van der Waals surface area contributed by atoms with E-state index in [0.717, 1.165) is 24.9 Å². The highest BCUT2D eigenvalue weighted by atomic mass is 35.5. The smallest absolute Gasteiger partial charge is 0.328 e. The molecule has 0 aliphatic rings. The maximum Gasteiger partial charge on any atom is 0.328 e. The first-order chi connectivity index (χ1) is 12.1. The number of rotatable bonds is 7. The Morgan fingerprint density at radius 2 is 2.08 bits per heavy atom. The quantitative estimate of drug-likeness (QED) is 0.546. The zero-order valence-corrected chi connectivity index (χ0v) is 14.9. The van der Waals surface area contributed by atoms with E-state index in [1.807, 2.05) is 6.07 Å². The molecule has 0 amide bonds. The van der Waals surface area contributed by atoms with Crippen molar-refractivity contribution in [2.45, 2.75) is 19.4 Å². The van der Waals surface area contributed by atoms with E-state index in [4.69, 9.17) is 28.9 Å². The molecule has 0 fully saturated rings. The summed E-state index contributed by atoms with van der Waals surface area (Å²) in [4.78, 5) is 23.7. The van der Waals surface area contributed by atoms with Crippen LogP contribution in [-0.4, -0.2) is 32.6 Å². The molecular formula is C16H18Cl2N6O. The van der Waals surface area contributed by atoms with Gasteiger partial charge in [-0.25, -0.2) is 9.78 Å². The molecule has 9 heteroatoms. The highest BCUT2D eigenvalue weighted by Gasteiger charge is 2.11. The Kier molecular flexibility index (Phi) is 5.57. The van der Waals surface area contributed by atoms with E-state index in [1.54, 1.807) is 22.9 Å².